The lowest BCUT2D eigenvalue weighted by Crippen LogP contribution is -2.54. The van der Waals surface area contributed by atoms with E-state index in [0.717, 1.165) is 58.3 Å². The zero-order chi connectivity index (χ0) is 17.2. The third-order valence-electron chi connectivity index (χ3n) is 5.98. The molecular formula is C20H27N3O2. The number of nitrogens with one attached hydrogen (secondary N) is 1. The molecule has 1 atom stereocenters. The van der Waals surface area contributed by atoms with Crippen LogP contribution in [-0.2, 0) is 22.6 Å². The van der Waals surface area contributed by atoms with Gasteiger partial charge in [-0.3, -0.25) is 14.5 Å². The first-order valence-electron chi connectivity index (χ1n) is 9.60. The second-order valence-electron chi connectivity index (χ2n) is 7.56. The molecule has 3 aliphatic rings. The first kappa shape index (κ1) is 16.6. The Morgan fingerprint density at radius 1 is 1.00 bits per heavy atom. The Kier molecular flexibility index (Phi) is 4.75. The first-order chi connectivity index (χ1) is 12.2. The number of benzene rings is 1. The fraction of sp³-hybridized carbons (Fsp3) is 0.600. The normalized spacial score (nSPS) is 25.4. The maximum atomic E-state index is 12.6. The molecule has 5 heteroatoms. The van der Waals surface area contributed by atoms with Gasteiger partial charge in [0, 0.05) is 38.6 Å². The van der Waals surface area contributed by atoms with Gasteiger partial charge < -0.3 is 10.2 Å². The van der Waals surface area contributed by atoms with E-state index in [0.29, 0.717) is 12.5 Å². The Hall–Kier alpha value is -1.88. The van der Waals surface area contributed by atoms with Gasteiger partial charge in [0.15, 0.2) is 0 Å². The number of rotatable bonds is 2. The Balaban J connectivity index is 1.31. The van der Waals surface area contributed by atoms with Crippen molar-refractivity contribution in [1.82, 2.24) is 15.1 Å². The number of fused-ring (bicyclic) bond motifs is 1. The summed E-state index contributed by atoms with van der Waals surface area (Å²) in [5, 5.41) is 2.86. The van der Waals surface area contributed by atoms with Crippen LogP contribution < -0.4 is 5.32 Å². The molecule has 0 unspecified atom stereocenters. The zero-order valence-corrected chi connectivity index (χ0v) is 14.7. The minimum Gasteiger partial charge on any atom is -0.344 e. The van der Waals surface area contributed by atoms with Gasteiger partial charge in [0.25, 0.3) is 0 Å². The van der Waals surface area contributed by atoms with E-state index in [2.05, 4.69) is 34.5 Å². The fourth-order valence-corrected chi connectivity index (χ4v) is 4.49. The van der Waals surface area contributed by atoms with E-state index in [1.54, 1.807) is 0 Å². The van der Waals surface area contributed by atoms with Gasteiger partial charge >= 0.3 is 0 Å². The van der Waals surface area contributed by atoms with Crippen LogP contribution in [0.15, 0.2) is 24.3 Å². The molecule has 1 aromatic carbocycles. The average molecular weight is 341 g/mol. The minimum absolute atomic E-state index is 0.0199. The highest BCUT2D eigenvalue weighted by molar-refractivity contribution is 5.88. The van der Waals surface area contributed by atoms with Crippen molar-refractivity contribution >= 4 is 11.8 Å². The van der Waals surface area contributed by atoms with Gasteiger partial charge in [-0.05, 0) is 43.2 Å². The molecule has 2 saturated heterocycles. The monoisotopic (exact) mass is 341 g/mol. The summed E-state index contributed by atoms with van der Waals surface area (Å²) >= 11 is 0. The number of piperidine rings is 2. The maximum absolute atomic E-state index is 12.6. The van der Waals surface area contributed by atoms with E-state index >= 15 is 0 Å². The molecule has 0 aromatic heterocycles. The zero-order valence-electron chi connectivity index (χ0n) is 14.7. The van der Waals surface area contributed by atoms with Crippen LogP contribution in [0, 0.1) is 0 Å². The Bertz CT molecular complexity index is 652. The standard InChI is InChI=1S/C20H27N3O2/c24-19-7-3-6-18(21-19)20(25)22-12-9-17(10-13-22)23-11-8-15-4-1-2-5-16(15)14-23/h1-2,4-5,17-18H,3,6-14H2,(H,21,24)/t18-/m0/s1. The molecule has 5 nitrogen and oxygen atoms in total. The molecule has 2 fully saturated rings. The van der Waals surface area contributed by atoms with E-state index in [1.165, 1.54) is 11.1 Å². The molecule has 0 aliphatic carbocycles. The topological polar surface area (TPSA) is 52.7 Å². The number of hydrogen-bond acceptors (Lipinski definition) is 3. The molecule has 0 saturated carbocycles. The quantitative estimate of drug-likeness (QED) is 0.891. The molecule has 0 spiro atoms. The van der Waals surface area contributed by atoms with Crippen LogP contribution in [0.4, 0.5) is 0 Å². The molecule has 134 valence electrons. The summed E-state index contributed by atoms with van der Waals surface area (Å²) in [5.41, 5.74) is 2.94. The summed E-state index contributed by atoms with van der Waals surface area (Å²) in [5.74, 6) is 0.141. The number of amides is 2. The highest BCUT2D eigenvalue weighted by Crippen LogP contribution is 2.25. The van der Waals surface area contributed by atoms with E-state index in [4.69, 9.17) is 0 Å². The maximum Gasteiger partial charge on any atom is 0.245 e. The van der Waals surface area contributed by atoms with Crippen LogP contribution in [0.1, 0.15) is 43.2 Å². The fourth-order valence-electron chi connectivity index (χ4n) is 4.49. The molecular weight excluding hydrogens is 314 g/mol. The first-order valence-corrected chi connectivity index (χ1v) is 9.60. The molecule has 25 heavy (non-hydrogen) atoms. The molecule has 3 heterocycles. The van der Waals surface area contributed by atoms with Gasteiger partial charge in [0.2, 0.25) is 11.8 Å². The molecule has 0 bridgehead atoms. The smallest absolute Gasteiger partial charge is 0.245 e. The van der Waals surface area contributed by atoms with Crippen LogP contribution in [0.25, 0.3) is 0 Å². The lowest BCUT2D eigenvalue weighted by Gasteiger charge is -2.41. The predicted octanol–water partition coefficient (Wildman–Crippen LogP) is 1.70. The Morgan fingerprint density at radius 2 is 1.76 bits per heavy atom. The summed E-state index contributed by atoms with van der Waals surface area (Å²) in [6.45, 7) is 3.78. The second-order valence-corrected chi connectivity index (χ2v) is 7.56. The molecule has 3 aliphatic heterocycles. The Morgan fingerprint density at radius 3 is 2.52 bits per heavy atom. The van der Waals surface area contributed by atoms with Crippen LogP contribution in [0.5, 0.6) is 0 Å². The van der Waals surface area contributed by atoms with Crippen molar-refractivity contribution in [2.45, 2.75) is 57.2 Å². The van der Waals surface area contributed by atoms with Crippen molar-refractivity contribution in [1.29, 1.82) is 0 Å². The summed E-state index contributed by atoms with van der Waals surface area (Å²) in [6.07, 6.45) is 5.37. The third-order valence-corrected chi connectivity index (χ3v) is 5.98. The van der Waals surface area contributed by atoms with Gasteiger partial charge in [-0.25, -0.2) is 0 Å². The van der Waals surface area contributed by atoms with Crippen molar-refractivity contribution in [2.75, 3.05) is 19.6 Å². The highest BCUT2D eigenvalue weighted by atomic mass is 16.2. The number of carbonyl (C=O) groups is 2. The van der Waals surface area contributed by atoms with Crippen molar-refractivity contribution in [2.24, 2.45) is 0 Å². The minimum atomic E-state index is -0.292. The van der Waals surface area contributed by atoms with Gasteiger partial charge in [0.05, 0.1) is 0 Å². The van der Waals surface area contributed by atoms with Gasteiger partial charge in [-0.2, -0.15) is 0 Å². The average Bonchev–Trinajstić information content (AvgIpc) is 2.67. The van der Waals surface area contributed by atoms with E-state index < -0.39 is 0 Å². The molecule has 0 radical (unpaired) electrons. The molecule has 1 N–H and O–H groups in total. The predicted molar refractivity (Wildman–Crippen MR) is 95.9 cm³/mol. The lowest BCUT2D eigenvalue weighted by atomic mass is 9.95. The van der Waals surface area contributed by atoms with E-state index in [-0.39, 0.29) is 17.9 Å². The van der Waals surface area contributed by atoms with Crippen molar-refractivity contribution in [3.05, 3.63) is 35.4 Å². The van der Waals surface area contributed by atoms with Crippen molar-refractivity contribution < 1.29 is 9.59 Å². The van der Waals surface area contributed by atoms with Crippen LogP contribution >= 0.6 is 0 Å². The largest absolute Gasteiger partial charge is 0.344 e. The number of carbonyl (C=O) groups excluding carboxylic acids is 2. The van der Waals surface area contributed by atoms with Gasteiger partial charge in [-0.15, -0.1) is 0 Å². The van der Waals surface area contributed by atoms with Crippen molar-refractivity contribution in [3.63, 3.8) is 0 Å². The van der Waals surface area contributed by atoms with Crippen LogP contribution in [0.2, 0.25) is 0 Å². The number of likely N-dealkylation sites (tertiary alicyclic amines) is 1. The lowest BCUT2D eigenvalue weighted by molar-refractivity contribution is -0.139. The SMILES string of the molecule is O=C1CCC[C@@H](C(=O)N2CCC(N3CCc4ccccc4C3)CC2)N1. The van der Waals surface area contributed by atoms with E-state index in [9.17, 15) is 9.59 Å². The van der Waals surface area contributed by atoms with E-state index in [1.807, 2.05) is 4.90 Å². The van der Waals surface area contributed by atoms with Crippen LogP contribution in [0.3, 0.4) is 0 Å². The Labute approximate surface area is 149 Å². The van der Waals surface area contributed by atoms with Gasteiger partial charge in [0.1, 0.15) is 6.04 Å². The number of hydrogen-bond donors (Lipinski definition) is 1. The van der Waals surface area contributed by atoms with Gasteiger partial charge in [-0.1, -0.05) is 24.3 Å². The summed E-state index contributed by atoms with van der Waals surface area (Å²) in [7, 11) is 0. The molecule has 4 rings (SSSR count). The second kappa shape index (κ2) is 7.16. The van der Waals surface area contributed by atoms with Crippen LogP contribution in [-0.4, -0.2) is 53.3 Å². The molecule has 2 amide bonds. The summed E-state index contributed by atoms with van der Waals surface area (Å²) < 4.78 is 0. The van der Waals surface area contributed by atoms with Crippen molar-refractivity contribution in [3.8, 4) is 0 Å². The number of nitrogens with zero attached hydrogens (tertiary/aromatic N) is 2. The third kappa shape index (κ3) is 3.56. The highest BCUT2D eigenvalue weighted by Gasteiger charge is 2.33. The molecule has 1 aromatic rings. The summed E-state index contributed by atoms with van der Waals surface area (Å²) in [4.78, 5) is 28.7. The summed E-state index contributed by atoms with van der Waals surface area (Å²) in [6, 6.07) is 9.02.